The van der Waals surface area contributed by atoms with E-state index < -0.39 is 0 Å². The lowest BCUT2D eigenvalue weighted by Crippen LogP contribution is -2.39. The summed E-state index contributed by atoms with van der Waals surface area (Å²) in [7, 11) is 0. The third-order valence-electron chi connectivity index (χ3n) is 6.16. The van der Waals surface area contributed by atoms with Crippen molar-refractivity contribution < 1.29 is 9.59 Å². The fraction of sp³-hybridized carbons (Fsp3) is 0.435. The molecule has 0 bridgehead atoms. The molecule has 2 aliphatic rings. The lowest BCUT2D eigenvalue weighted by molar-refractivity contribution is -0.122. The van der Waals surface area contributed by atoms with Gasteiger partial charge in [-0.3, -0.25) is 19.5 Å². The summed E-state index contributed by atoms with van der Waals surface area (Å²) in [4.78, 5) is 33.8. The Bertz CT molecular complexity index is 885. The Kier molecular flexibility index (Phi) is 5.62. The van der Waals surface area contributed by atoms with Crippen LogP contribution in [0.5, 0.6) is 0 Å². The highest BCUT2D eigenvalue weighted by Gasteiger charge is 2.49. The fourth-order valence-electron chi connectivity index (χ4n) is 4.90. The van der Waals surface area contributed by atoms with E-state index >= 15 is 0 Å². The quantitative estimate of drug-likeness (QED) is 0.848. The van der Waals surface area contributed by atoms with Gasteiger partial charge in [0, 0.05) is 44.5 Å². The van der Waals surface area contributed by atoms with Crippen LogP contribution in [0.4, 0.5) is 0 Å². The molecule has 6 heteroatoms. The fourth-order valence-corrected chi connectivity index (χ4v) is 4.90. The monoisotopic (exact) mass is 392 g/mol. The van der Waals surface area contributed by atoms with E-state index in [2.05, 4.69) is 34.3 Å². The molecule has 3 atom stereocenters. The van der Waals surface area contributed by atoms with Crippen molar-refractivity contribution in [2.75, 3.05) is 32.7 Å². The number of hydrogen-bond acceptors (Lipinski definition) is 4. The van der Waals surface area contributed by atoms with Crippen LogP contribution in [0.25, 0.3) is 0 Å². The zero-order chi connectivity index (χ0) is 20.4. The summed E-state index contributed by atoms with van der Waals surface area (Å²) in [5.41, 5.74) is 3.03. The minimum absolute atomic E-state index is 0.0214. The number of likely N-dealkylation sites (N-methyl/N-ethyl adjacent to an activating group) is 1. The van der Waals surface area contributed by atoms with Crippen molar-refractivity contribution in [3.05, 3.63) is 65.5 Å². The van der Waals surface area contributed by atoms with Crippen molar-refractivity contribution in [1.82, 2.24) is 20.1 Å². The van der Waals surface area contributed by atoms with E-state index in [1.54, 1.807) is 18.5 Å². The molecule has 2 aliphatic heterocycles. The zero-order valence-corrected chi connectivity index (χ0v) is 17.0. The molecule has 2 amide bonds. The van der Waals surface area contributed by atoms with E-state index in [-0.39, 0.29) is 17.9 Å². The number of carbonyl (C=O) groups excluding carboxylic acids is 2. The van der Waals surface area contributed by atoms with Crippen molar-refractivity contribution in [3.8, 4) is 0 Å². The summed E-state index contributed by atoms with van der Waals surface area (Å²) in [6.07, 6.45) is 3.33. The summed E-state index contributed by atoms with van der Waals surface area (Å²) in [6.45, 7) is 7.52. The highest BCUT2D eigenvalue weighted by Crippen LogP contribution is 2.46. The molecule has 2 saturated heterocycles. The molecule has 2 aromatic rings. The molecule has 0 radical (unpaired) electrons. The number of aromatic nitrogens is 1. The van der Waals surface area contributed by atoms with Crippen molar-refractivity contribution in [2.24, 2.45) is 11.8 Å². The van der Waals surface area contributed by atoms with Crippen LogP contribution < -0.4 is 5.32 Å². The number of nitrogens with zero attached hydrogens (tertiary/aromatic N) is 3. The van der Waals surface area contributed by atoms with Gasteiger partial charge in [0.15, 0.2) is 0 Å². The average molecular weight is 393 g/mol. The summed E-state index contributed by atoms with van der Waals surface area (Å²) < 4.78 is 0. The minimum Gasteiger partial charge on any atom is -0.355 e. The third kappa shape index (κ3) is 3.90. The Labute approximate surface area is 171 Å². The van der Waals surface area contributed by atoms with Crippen molar-refractivity contribution >= 4 is 11.8 Å². The molecule has 0 saturated carbocycles. The number of pyridine rings is 1. The molecule has 29 heavy (non-hydrogen) atoms. The second kappa shape index (κ2) is 8.33. The number of rotatable bonds is 5. The minimum atomic E-state index is 0.0214. The van der Waals surface area contributed by atoms with E-state index in [4.69, 9.17) is 0 Å². The van der Waals surface area contributed by atoms with Crippen LogP contribution in [0.1, 0.15) is 34.5 Å². The number of benzene rings is 1. The first-order chi connectivity index (χ1) is 14.1. The molecule has 152 valence electrons. The molecule has 4 rings (SSSR count). The Morgan fingerprint density at radius 2 is 1.97 bits per heavy atom. The number of aryl methyl sites for hydroxylation is 1. The summed E-state index contributed by atoms with van der Waals surface area (Å²) in [5, 5.41) is 2.89. The molecular weight excluding hydrogens is 364 g/mol. The second-order valence-corrected chi connectivity index (χ2v) is 8.07. The SMILES string of the molecule is CCNC(=O)CN1C[C@H]2CN(C(=O)c3cccnc3)[C@H](c3ccccc3C)[C@H]2C1. The van der Waals surface area contributed by atoms with Gasteiger partial charge in [-0.15, -0.1) is 0 Å². The van der Waals surface area contributed by atoms with Crippen LogP contribution in [0.2, 0.25) is 0 Å². The molecule has 1 N–H and O–H groups in total. The molecule has 1 aromatic carbocycles. The Balaban J connectivity index is 1.61. The van der Waals surface area contributed by atoms with E-state index in [1.807, 2.05) is 30.0 Å². The van der Waals surface area contributed by atoms with Crippen LogP contribution >= 0.6 is 0 Å². The number of amides is 2. The molecule has 0 unspecified atom stereocenters. The van der Waals surface area contributed by atoms with Gasteiger partial charge in [0.1, 0.15) is 0 Å². The summed E-state index contributed by atoms with van der Waals surface area (Å²) in [6, 6.07) is 12.0. The predicted molar refractivity (Wildman–Crippen MR) is 111 cm³/mol. The first kappa shape index (κ1) is 19.6. The molecule has 1 aromatic heterocycles. The van der Waals surface area contributed by atoms with Crippen LogP contribution in [-0.4, -0.2) is 59.3 Å². The number of carbonyl (C=O) groups is 2. The maximum absolute atomic E-state index is 13.3. The largest absolute Gasteiger partial charge is 0.355 e. The van der Waals surface area contributed by atoms with E-state index in [0.717, 1.165) is 13.1 Å². The molecular formula is C23H28N4O2. The average Bonchev–Trinajstić information content (AvgIpc) is 3.26. The predicted octanol–water partition coefficient (Wildman–Crippen LogP) is 2.27. The van der Waals surface area contributed by atoms with Crippen LogP contribution in [0.3, 0.4) is 0 Å². The van der Waals surface area contributed by atoms with E-state index in [9.17, 15) is 9.59 Å². The third-order valence-corrected chi connectivity index (χ3v) is 6.16. The topological polar surface area (TPSA) is 65.5 Å². The second-order valence-electron chi connectivity index (χ2n) is 8.07. The molecule has 6 nitrogen and oxygen atoms in total. The van der Waals surface area contributed by atoms with Gasteiger partial charge in [-0.25, -0.2) is 0 Å². The smallest absolute Gasteiger partial charge is 0.255 e. The van der Waals surface area contributed by atoms with E-state index in [1.165, 1.54) is 11.1 Å². The molecule has 3 heterocycles. The summed E-state index contributed by atoms with van der Waals surface area (Å²) >= 11 is 0. The molecule has 2 fully saturated rings. The first-order valence-corrected chi connectivity index (χ1v) is 10.3. The lowest BCUT2D eigenvalue weighted by Gasteiger charge is -2.31. The maximum Gasteiger partial charge on any atom is 0.255 e. The number of likely N-dealkylation sites (tertiary alicyclic amines) is 2. The van der Waals surface area contributed by atoms with Gasteiger partial charge in [-0.2, -0.15) is 0 Å². The van der Waals surface area contributed by atoms with Gasteiger partial charge >= 0.3 is 0 Å². The number of nitrogens with one attached hydrogen (secondary N) is 1. The van der Waals surface area contributed by atoms with Gasteiger partial charge in [0.2, 0.25) is 5.91 Å². The summed E-state index contributed by atoms with van der Waals surface area (Å²) in [5.74, 6) is 0.806. The maximum atomic E-state index is 13.3. The Morgan fingerprint density at radius 1 is 1.14 bits per heavy atom. The highest BCUT2D eigenvalue weighted by atomic mass is 16.2. The van der Waals surface area contributed by atoms with E-state index in [0.29, 0.717) is 37.0 Å². The highest BCUT2D eigenvalue weighted by molar-refractivity contribution is 5.94. The Morgan fingerprint density at radius 3 is 2.69 bits per heavy atom. The standard InChI is InChI=1S/C23H28N4O2/c1-3-25-21(28)15-26-12-18-13-27(23(29)17-8-6-10-24-11-17)22(20(18)14-26)19-9-5-4-7-16(19)2/h4-11,18,20,22H,3,12-15H2,1-2H3,(H,25,28)/t18-,20-,22+/m0/s1. The lowest BCUT2D eigenvalue weighted by atomic mass is 9.87. The van der Waals surface area contributed by atoms with Crippen LogP contribution in [0.15, 0.2) is 48.8 Å². The Hall–Kier alpha value is -2.73. The van der Waals surface area contributed by atoms with Crippen LogP contribution in [0, 0.1) is 18.8 Å². The number of fused-ring (bicyclic) bond motifs is 1. The van der Waals surface area contributed by atoms with Crippen molar-refractivity contribution in [3.63, 3.8) is 0 Å². The van der Waals surface area contributed by atoms with Gasteiger partial charge < -0.3 is 10.2 Å². The number of hydrogen-bond donors (Lipinski definition) is 1. The normalized spacial score (nSPS) is 23.8. The zero-order valence-electron chi connectivity index (χ0n) is 17.0. The molecule has 0 spiro atoms. The van der Waals surface area contributed by atoms with Crippen molar-refractivity contribution in [1.29, 1.82) is 0 Å². The van der Waals surface area contributed by atoms with Gasteiger partial charge in [0.05, 0.1) is 18.2 Å². The van der Waals surface area contributed by atoms with Crippen molar-refractivity contribution in [2.45, 2.75) is 19.9 Å². The van der Waals surface area contributed by atoms with Gasteiger partial charge in [-0.1, -0.05) is 24.3 Å². The van der Waals surface area contributed by atoms with Gasteiger partial charge in [-0.05, 0) is 43.0 Å². The first-order valence-electron chi connectivity index (χ1n) is 10.3. The van der Waals surface area contributed by atoms with Crippen LogP contribution in [-0.2, 0) is 4.79 Å². The molecule has 0 aliphatic carbocycles. The van der Waals surface area contributed by atoms with Gasteiger partial charge in [0.25, 0.3) is 5.91 Å².